The first-order valence-electron chi connectivity index (χ1n) is 9.48. The van der Waals surface area contributed by atoms with Crippen LogP contribution in [0.4, 0.5) is 11.4 Å². The van der Waals surface area contributed by atoms with E-state index in [1.54, 1.807) is 11.9 Å². The fourth-order valence-electron chi connectivity index (χ4n) is 4.14. The standard InChI is InChI=1S/C20H28N4O3/c1-22-11-9-14(10-12-22)15-5-4-6-16(19(15)23(2)13-25)24(3)17-7-8-18(26)21-20(17)27/h4-6,13-14,17H,7-12H2,1-3H3,(H,21,26,27). The zero-order chi connectivity index (χ0) is 19.6. The number of hydrogen-bond donors (Lipinski definition) is 1. The van der Waals surface area contributed by atoms with Crippen molar-refractivity contribution in [3.05, 3.63) is 23.8 Å². The second-order valence-electron chi connectivity index (χ2n) is 7.59. The molecule has 146 valence electrons. The van der Waals surface area contributed by atoms with E-state index in [-0.39, 0.29) is 11.8 Å². The minimum absolute atomic E-state index is 0.227. The summed E-state index contributed by atoms with van der Waals surface area (Å²) >= 11 is 0. The third kappa shape index (κ3) is 3.98. The number of para-hydroxylation sites is 1. The van der Waals surface area contributed by atoms with Gasteiger partial charge in [0.15, 0.2) is 0 Å². The van der Waals surface area contributed by atoms with Crippen LogP contribution in [-0.4, -0.2) is 63.4 Å². The van der Waals surface area contributed by atoms with E-state index in [1.807, 2.05) is 24.1 Å². The quantitative estimate of drug-likeness (QED) is 0.624. The van der Waals surface area contributed by atoms with E-state index >= 15 is 0 Å². The molecule has 0 radical (unpaired) electrons. The number of benzene rings is 1. The van der Waals surface area contributed by atoms with E-state index in [4.69, 9.17) is 0 Å². The summed E-state index contributed by atoms with van der Waals surface area (Å²) in [6.07, 6.45) is 3.71. The van der Waals surface area contributed by atoms with Crippen molar-refractivity contribution in [2.75, 3.05) is 44.0 Å². The molecule has 2 aliphatic rings. The Bertz CT molecular complexity index is 728. The third-order valence-corrected chi connectivity index (χ3v) is 5.77. The van der Waals surface area contributed by atoms with Crippen LogP contribution in [0.15, 0.2) is 18.2 Å². The second-order valence-corrected chi connectivity index (χ2v) is 7.59. The van der Waals surface area contributed by atoms with Crippen molar-refractivity contribution in [1.29, 1.82) is 0 Å². The average molecular weight is 372 g/mol. The maximum Gasteiger partial charge on any atom is 0.249 e. The van der Waals surface area contributed by atoms with Gasteiger partial charge in [-0.1, -0.05) is 12.1 Å². The molecule has 0 saturated carbocycles. The third-order valence-electron chi connectivity index (χ3n) is 5.77. The van der Waals surface area contributed by atoms with Crippen LogP contribution < -0.4 is 15.1 Å². The Kier molecular flexibility index (Phi) is 5.79. The van der Waals surface area contributed by atoms with Gasteiger partial charge in [-0.2, -0.15) is 0 Å². The lowest BCUT2D eigenvalue weighted by Crippen LogP contribution is -2.51. The van der Waals surface area contributed by atoms with E-state index in [0.717, 1.165) is 49.3 Å². The molecule has 2 heterocycles. The van der Waals surface area contributed by atoms with Crippen LogP contribution in [-0.2, 0) is 14.4 Å². The van der Waals surface area contributed by atoms with Crippen molar-refractivity contribution in [3.63, 3.8) is 0 Å². The molecule has 7 nitrogen and oxygen atoms in total. The van der Waals surface area contributed by atoms with Crippen molar-refractivity contribution in [3.8, 4) is 0 Å². The molecule has 27 heavy (non-hydrogen) atoms. The first kappa shape index (κ1) is 19.4. The number of likely N-dealkylation sites (N-methyl/N-ethyl adjacent to an activating group) is 1. The van der Waals surface area contributed by atoms with Crippen molar-refractivity contribution in [2.24, 2.45) is 0 Å². The maximum absolute atomic E-state index is 12.3. The van der Waals surface area contributed by atoms with E-state index in [2.05, 4.69) is 23.3 Å². The molecule has 3 rings (SSSR count). The van der Waals surface area contributed by atoms with E-state index in [0.29, 0.717) is 18.8 Å². The summed E-state index contributed by atoms with van der Waals surface area (Å²) in [5, 5.41) is 2.42. The first-order chi connectivity index (χ1) is 12.9. The molecule has 2 aliphatic heterocycles. The number of imide groups is 1. The Morgan fingerprint density at radius 3 is 2.48 bits per heavy atom. The molecular weight excluding hydrogens is 344 g/mol. The van der Waals surface area contributed by atoms with Crippen LogP contribution in [0, 0.1) is 0 Å². The van der Waals surface area contributed by atoms with E-state index in [9.17, 15) is 14.4 Å². The Morgan fingerprint density at radius 1 is 1.15 bits per heavy atom. The highest BCUT2D eigenvalue weighted by Crippen LogP contribution is 2.40. The molecular formula is C20H28N4O3. The summed E-state index contributed by atoms with van der Waals surface area (Å²) in [5.41, 5.74) is 2.85. The van der Waals surface area contributed by atoms with Gasteiger partial charge in [0.05, 0.1) is 11.4 Å². The molecule has 0 spiro atoms. The lowest BCUT2D eigenvalue weighted by Gasteiger charge is -2.36. The zero-order valence-electron chi connectivity index (χ0n) is 16.3. The molecule has 2 fully saturated rings. The zero-order valence-corrected chi connectivity index (χ0v) is 16.3. The number of amides is 3. The normalized spacial score (nSPS) is 21.7. The van der Waals surface area contributed by atoms with Crippen LogP contribution >= 0.6 is 0 Å². The number of hydrogen-bond acceptors (Lipinski definition) is 5. The molecule has 7 heteroatoms. The molecule has 0 aromatic heterocycles. The summed E-state index contributed by atoms with van der Waals surface area (Å²) in [6.45, 7) is 2.06. The lowest BCUT2D eigenvalue weighted by molar-refractivity contribution is -0.134. The largest absolute Gasteiger partial charge is 0.361 e. The second kappa shape index (κ2) is 8.08. The summed E-state index contributed by atoms with van der Waals surface area (Å²) in [7, 11) is 5.74. The van der Waals surface area contributed by atoms with Crippen LogP contribution in [0.1, 0.15) is 37.2 Å². The Hall–Kier alpha value is -2.41. The molecule has 2 saturated heterocycles. The fraction of sp³-hybridized carbons (Fsp3) is 0.550. The molecule has 1 N–H and O–H groups in total. The topological polar surface area (TPSA) is 73.0 Å². The van der Waals surface area contributed by atoms with Gasteiger partial charge in [-0.3, -0.25) is 19.7 Å². The van der Waals surface area contributed by atoms with Gasteiger partial charge in [-0.25, -0.2) is 0 Å². The number of likely N-dealkylation sites (tertiary alicyclic amines) is 1. The van der Waals surface area contributed by atoms with Gasteiger partial charge in [0.1, 0.15) is 6.04 Å². The SMILES string of the molecule is CN1CCC(c2cccc(N(C)C3CCC(=O)NC3=O)c2N(C)C=O)CC1. The summed E-state index contributed by atoms with van der Waals surface area (Å²) < 4.78 is 0. The van der Waals surface area contributed by atoms with Crippen LogP contribution in [0.5, 0.6) is 0 Å². The first-order valence-corrected chi connectivity index (χ1v) is 9.48. The number of carbonyl (C=O) groups is 3. The van der Waals surface area contributed by atoms with Gasteiger partial charge < -0.3 is 14.7 Å². The Labute approximate surface area is 160 Å². The molecule has 1 atom stereocenters. The maximum atomic E-state index is 12.3. The minimum Gasteiger partial charge on any atom is -0.361 e. The molecule has 1 aromatic rings. The highest BCUT2D eigenvalue weighted by atomic mass is 16.2. The van der Waals surface area contributed by atoms with Crippen LogP contribution in [0.2, 0.25) is 0 Å². The lowest BCUT2D eigenvalue weighted by atomic mass is 9.87. The average Bonchev–Trinajstić information content (AvgIpc) is 2.67. The summed E-state index contributed by atoms with van der Waals surface area (Å²) in [4.78, 5) is 41.3. The predicted octanol–water partition coefficient (Wildman–Crippen LogP) is 1.33. The van der Waals surface area contributed by atoms with Gasteiger partial charge in [0.25, 0.3) is 0 Å². The van der Waals surface area contributed by atoms with Gasteiger partial charge in [0, 0.05) is 20.5 Å². The van der Waals surface area contributed by atoms with Gasteiger partial charge in [0.2, 0.25) is 18.2 Å². The van der Waals surface area contributed by atoms with Crippen LogP contribution in [0.25, 0.3) is 0 Å². The smallest absolute Gasteiger partial charge is 0.249 e. The number of piperidine rings is 2. The number of nitrogens with one attached hydrogen (secondary N) is 1. The molecule has 1 aromatic carbocycles. The van der Waals surface area contributed by atoms with E-state index < -0.39 is 6.04 Å². The van der Waals surface area contributed by atoms with Gasteiger partial charge in [-0.05, 0) is 56.9 Å². The molecule has 3 amide bonds. The van der Waals surface area contributed by atoms with Crippen molar-refractivity contribution >= 4 is 29.6 Å². The van der Waals surface area contributed by atoms with Gasteiger partial charge in [-0.15, -0.1) is 0 Å². The van der Waals surface area contributed by atoms with E-state index in [1.165, 1.54) is 0 Å². The molecule has 0 bridgehead atoms. The highest BCUT2D eigenvalue weighted by molar-refractivity contribution is 6.02. The monoisotopic (exact) mass is 372 g/mol. The highest BCUT2D eigenvalue weighted by Gasteiger charge is 2.32. The van der Waals surface area contributed by atoms with Crippen LogP contribution in [0.3, 0.4) is 0 Å². The van der Waals surface area contributed by atoms with Gasteiger partial charge >= 0.3 is 0 Å². The van der Waals surface area contributed by atoms with Crippen molar-refractivity contribution < 1.29 is 14.4 Å². The Morgan fingerprint density at radius 2 is 1.85 bits per heavy atom. The van der Waals surface area contributed by atoms with Crippen molar-refractivity contribution in [2.45, 2.75) is 37.6 Å². The number of anilines is 2. The summed E-state index contributed by atoms with van der Waals surface area (Å²) in [5.74, 6) is -0.123. The number of nitrogens with zero attached hydrogens (tertiary/aromatic N) is 3. The summed E-state index contributed by atoms with van der Waals surface area (Å²) in [6, 6.07) is 5.60. The van der Waals surface area contributed by atoms with Crippen molar-refractivity contribution in [1.82, 2.24) is 10.2 Å². The number of rotatable bonds is 5. The number of carbonyl (C=O) groups excluding carboxylic acids is 3. The fourth-order valence-corrected chi connectivity index (χ4v) is 4.14. The minimum atomic E-state index is -0.422. The molecule has 1 unspecified atom stereocenters. The predicted molar refractivity (Wildman–Crippen MR) is 105 cm³/mol. The Balaban J connectivity index is 1.97. The molecule has 0 aliphatic carbocycles.